The Hall–Kier alpha value is -2.21. The van der Waals surface area contributed by atoms with Gasteiger partial charge in [0.25, 0.3) is 0 Å². The lowest BCUT2D eigenvalue weighted by atomic mass is 10.2. The van der Waals surface area contributed by atoms with Crippen molar-refractivity contribution in [3.8, 4) is 5.75 Å². The van der Waals surface area contributed by atoms with Crippen molar-refractivity contribution >= 4 is 23.5 Å². The van der Waals surface area contributed by atoms with E-state index in [-0.39, 0.29) is 11.4 Å². The van der Waals surface area contributed by atoms with Gasteiger partial charge in [0.15, 0.2) is 0 Å². The van der Waals surface area contributed by atoms with E-state index in [4.69, 9.17) is 11.6 Å². The summed E-state index contributed by atoms with van der Waals surface area (Å²) in [6.07, 6.45) is -3.14. The molecule has 0 aliphatic heterocycles. The largest absolute Gasteiger partial charge is 0.507 e. The molecule has 0 fully saturated rings. The summed E-state index contributed by atoms with van der Waals surface area (Å²) in [5, 5.41) is 13.7. The van der Waals surface area contributed by atoms with Crippen LogP contribution in [0, 0.1) is 0 Å². The SMILES string of the molecule is Oc1ccc(Cl)cc1/C=N\Nc1cccc(C(F)(F)F)c1. The summed E-state index contributed by atoms with van der Waals surface area (Å²) in [4.78, 5) is 0. The van der Waals surface area contributed by atoms with Crippen LogP contribution in [0.2, 0.25) is 5.02 Å². The second kappa shape index (κ2) is 6.05. The highest BCUT2D eigenvalue weighted by Gasteiger charge is 2.30. The Morgan fingerprint density at radius 2 is 1.90 bits per heavy atom. The third-order valence-electron chi connectivity index (χ3n) is 2.58. The number of nitrogens with one attached hydrogen (secondary N) is 1. The summed E-state index contributed by atoms with van der Waals surface area (Å²) in [6, 6.07) is 9.02. The van der Waals surface area contributed by atoms with Crippen molar-refractivity contribution in [3.05, 3.63) is 58.6 Å². The lowest BCUT2D eigenvalue weighted by molar-refractivity contribution is -0.137. The van der Waals surface area contributed by atoms with E-state index < -0.39 is 11.7 Å². The first-order valence-corrected chi connectivity index (χ1v) is 6.19. The minimum absolute atomic E-state index is 0.0333. The van der Waals surface area contributed by atoms with Gasteiger partial charge in [-0.3, -0.25) is 5.43 Å². The van der Waals surface area contributed by atoms with Gasteiger partial charge in [-0.05, 0) is 36.4 Å². The molecule has 2 rings (SSSR count). The molecule has 110 valence electrons. The van der Waals surface area contributed by atoms with E-state index in [2.05, 4.69) is 10.5 Å². The zero-order valence-corrected chi connectivity index (χ0v) is 11.3. The van der Waals surface area contributed by atoms with Crippen LogP contribution in [0.1, 0.15) is 11.1 Å². The third kappa shape index (κ3) is 4.13. The summed E-state index contributed by atoms with van der Waals surface area (Å²) in [5.74, 6) is -0.0333. The number of hydrogen-bond donors (Lipinski definition) is 2. The lowest BCUT2D eigenvalue weighted by Gasteiger charge is -2.08. The average Bonchev–Trinajstić information content (AvgIpc) is 2.42. The monoisotopic (exact) mass is 314 g/mol. The zero-order valence-electron chi connectivity index (χ0n) is 10.5. The highest BCUT2D eigenvalue weighted by Crippen LogP contribution is 2.30. The van der Waals surface area contributed by atoms with E-state index in [1.54, 1.807) is 0 Å². The van der Waals surface area contributed by atoms with Crippen LogP contribution in [0.3, 0.4) is 0 Å². The molecule has 3 nitrogen and oxygen atoms in total. The molecule has 0 radical (unpaired) electrons. The number of rotatable bonds is 3. The maximum Gasteiger partial charge on any atom is 0.416 e. The number of hydrogen-bond acceptors (Lipinski definition) is 3. The predicted molar refractivity (Wildman–Crippen MR) is 75.8 cm³/mol. The van der Waals surface area contributed by atoms with Crippen LogP contribution >= 0.6 is 11.6 Å². The van der Waals surface area contributed by atoms with Crippen LogP contribution in [-0.2, 0) is 6.18 Å². The first kappa shape index (κ1) is 15.2. The second-order valence-electron chi connectivity index (χ2n) is 4.15. The lowest BCUT2D eigenvalue weighted by Crippen LogP contribution is -2.05. The van der Waals surface area contributed by atoms with Gasteiger partial charge in [0.05, 0.1) is 17.5 Å². The number of phenols is 1. The van der Waals surface area contributed by atoms with Crippen LogP contribution < -0.4 is 5.43 Å². The van der Waals surface area contributed by atoms with Crippen molar-refractivity contribution in [1.82, 2.24) is 0 Å². The fourth-order valence-corrected chi connectivity index (χ4v) is 1.75. The van der Waals surface area contributed by atoms with E-state index in [9.17, 15) is 18.3 Å². The summed E-state index contributed by atoms with van der Waals surface area (Å²) >= 11 is 5.77. The first-order chi connectivity index (χ1) is 9.86. The van der Waals surface area contributed by atoms with Crippen LogP contribution in [0.15, 0.2) is 47.6 Å². The molecule has 21 heavy (non-hydrogen) atoms. The Balaban J connectivity index is 2.13. The third-order valence-corrected chi connectivity index (χ3v) is 2.81. The molecule has 0 aliphatic rings. The minimum atomic E-state index is -4.41. The molecule has 0 unspecified atom stereocenters. The summed E-state index contributed by atoms with van der Waals surface area (Å²) < 4.78 is 37.6. The average molecular weight is 315 g/mol. The molecular formula is C14H10ClF3N2O. The van der Waals surface area contributed by atoms with Crippen molar-refractivity contribution in [2.24, 2.45) is 5.10 Å². The number of benzene rings is 2. The van der Waals surface area contributed by atoms with Gasteiger partial charge in [-0.1, -0.05) is 17.7 Å². The van der Waals surface area contributed by atoms with E-state index in [0.717, 1.165) is 12.1 Å². The summed E-state index contributed by atoms with van der Waals surface area (Å²) in [7, 11) is 0. The highest BCUT2D eigenvalue weighted by molar-refractivity contribution is 6.30. The van der Waals surface area contributed by atoms with Crippen molar-refractivity contribution in [2.45, 2.75) is 6.18 Å². The molecule has 0 aliphatic carbocycles. The maximum atomic E-state index is 12.5. The standard InChI is InChI=1S/C14H10ClF3N2O/c15-11-4-5-13(21)9(6-11)8-19-20-12-3-1-2-10(7-12)14(16,17)18/h1-8,20-21H/b19-8-. The van der Waals surface area contributed by atoms with Gasteiger partial charge >= 0.3 is 6.18 Å². The molecule has 0 aromatic heterocycles. The minimum Gasteiger partial charge on any atom is -0.507 e. The molecule has 0 saturated carbocycles. The maximum absolute atomic E-state index is 12.5. The Kier molecular flexibility index (Phi) is 4.37. The Bertz CT molecular complexity index is 672. The highest BCUT2D eigenvalue weighted by atomic mass is 35.5. The molecule has 0 bridgehead atoms. The van der Waals surface area contributed by atoms with Gasteiger partial charge < -0.3 is 5.11 Å². The molecule has 0 saturated heterocycles. The summed E-state index contributed by atoms with van der Waals surface area (Å²) in [5.41, 5.74) is 2.23. The van der Waals surface area contributed by atoms with Gasteiger partial charge in [0, 0.05) is 10.6 Å². The van der Waals surface area contributed by atoms with Crippen LogP contribution in [0.4, 0.5) is 18.9 Å². The van der Waals surface area contributed by atoms with E-state index in [1.165, 1.54) is 36.5 Å². The van der Waals surface area contributed by atoms with Crippen molar-refractivity contribution in [1.29, 1.82) is 0 Å². The van der Waals surface area contributed by atoms with E-state index in [0.29, 0.717) is 10.6 Å². The molecule has 2 aromatic rings. The van der Waals surface area contributed by atoms with Crippen LogP contribution in [0.25, 0.3) is 0 Å². The first-order valence-electron chi connectivity index (χ1n) is 5.81. The van der Waals surface area contributed by atoms with E-state index >= 15 is 0 Å². The Morgan fingerprint density at radius 1 is 1.14 bits per heavy atom. The number of alkyl halides is 3. The smallest absolute Gasteiger partial charge is 0.416 e. The number of hydrazone groups is 1. The van der Waals surface area contributed by atoms with Crippen molar-refractivity contribution < 1.29 is 18.3 Å². The van der Waals surface area contributed by atoms with Gasteiger partial charge in [0.1, 0.15) is 5.75 Å². The fourth-order valence-electron chi connectivity index (χ4n) is 1.57. The van der Waals surface area contributed by atoms with Gasteiger partial charge in [0.2, 0.25) is 0 Å². The van der Waals surface area contributed by atoms with Gasteiger partial charge in [-0.25, -0.2) is 0 Å². The summed E-state index contributed by atoms with van der Waals surface area (Å²) in [6.45, 7) is 0. The molecule has 0 heterocycles. The normalized spacial score (nSPS) is 11.8. The molecule has 0 amide bonds. The number of nitrogens with zero attached hydrogens (tertiary/aromatic N) is 1. The molecular weight excluding hydrogens is 305 g/mol. The molecule has 0 spiro atoms. The van der Waals surface area contributed by atoms with Gasteiger partial charge in [-0.2, -0.15) is 18.3 Å². The quantitative estimate of drug-likeness (QED) is 0.646. The number of anilines is 1. The number of halogens is 4. The predicted octanol–water partition coefficient (Wildman–Crippen LogP) is 4.51. The molecule has 7 heteroatoms. The fraction of sp³-hybridized carbons (Fsp3) is 0.0714. The molecule has 2 N–H and O–H groups in total. The van der Waals surface area contributed by atoms with Crippen LogP contribution in [-0.4, -0.2) is 11.3 Å². The van der Waals surface area contributed by atoms with E-state index in [1.807, 2.05) is 0 Å². The number of phenolic OH excluding ortho intramolecular Hbond substituents is 1. The number of aromatic hydroxyl groups is 1. The topological polar surface area (TPSA) is 44.6 Å². The van der Waals surface area contributed by atoms with Crippen molar-refractivity contribution in [2.75, 3.05) is 5.43 Å². The Morgan fingerprint density at radius 3 is 2.62 bits per heavy atom. The second-order valence-corrected chi connectivity index (χ2v) is 4.59. The van der Waals surface area contributed by atoms with Gasteiger partial charge in [-0.15, -0.1) is 0 Å². The Labute approximate surface area is 123 Å². The van der Waals surface area contributed by atoms with Crippen molar-refractivity contribution in [3.63, 3.8) is 0 Å². The van der Waals surface area contributed by atoms with Crippen LogP contribution in [0.5, 0.6) is 5.75 Å². The molecule has 2 aromatic carbocycles. The zero-order chi connectivity index (χ0) is 15.5. The molecule has 0 atom stereocenters.